The standard InChI is InChI=1S/C35H48BrN7O7S/c1-38(2)51(48,49)42-16-12-27(13-17-42)39-19-21-40(22-20-39)33(45)32(24-25-7-8-31(44)29(36)23-25)50-35(47)41-14-10-28(11-15-41)43-18-9-26-5-3-4-6-30(26)37-34(43)46/h3-8,23,27-28,32,44H,9-22,24H2,1-2H3,(H,37,46). The topological polar surface area (TPSA) is 146 Å². The lowest BCUT2D eigenvalue weighted by molar-refractivity contribution is -0.143. The number of likely N-dealkylation sites (tertiary alicyclic amines) is 1. The number of phenols is 1. The van der Waals surface area contributed by atoms with E-state index in [0.29, 0.717) is 76.2 Å². The summed E-state index contributed by atoms with van der Waals surface area (Å²) >= 11 is 3.35. The van der Waals surface area contributed by atoms with Crippen molar-refractivity contribution in [3.63, 3.8) is 0 Å². The van der Waals surface area contributed by atoms with E-state index in [1.54, 1.807) is 42.1 Å². The largest absolute Gasteiger partial charge is 0.507 e. The predicted molar refractivity (Wildman–Crippen MR) is 196 cm³/mol. The molecule has 3 saturated heterocycles. The van der Waals surface area contributed by atoms with Crippen molar-refractivity contribution in [1.29, 1.82) is 0 Å². The SMILES string of the molecule is CN(C)S(=O)(=O)N1CCC(N2CCN(C(=O)C(Cc3ccc(O)c(Br)c3)OC(=O)N3CCC(N4CCc5ccccc5NC4=O)CC3)CC2)CC1. The number of piperazine rings is 1. The Labute approximate surface area is 308 Å². The second kappa shape index (κ2) is 16.1. The second-order valence-corrected chi connectivity index (χ2v) is 16.9. The average molecular weight is 791 g/mol. The van der Waals surface area contributed by atoms with Gasteiger partial charge < -0.3 is 29.9 Å². The number of piperidine rings is 2. The van der Waals surface area contributed by atoms with Crippen LogP contribution in [0.1, 0.15) is 36.8 Å². The van der Waals surface area contributed by atoms with Gasteiger partial charge in [-0.2, -0.15) is 17.0 Å². The number of amides is 4. The van der Waals surface area contributed by atoms with Crippen molar-refractivity contribution in [1.82, 2.24) is 28.2 Å². The number of carbonyl (C=O) groups excluding carboxylic acids is 3. The number of halogens is 1. The van der Waals surface area contributed by atoms with E-state index >= 15 is 0 Å². The molecule has 4 aliphatic rings. The fourth-order valence-electron chi connectivity index (χ4n) is 7.55. The lowest BCUT2D eigenvalue weighted by atomic mass is 10.0. The quantitative estimate of drug-likeness (QED) is 0.415. The first-order valence-electron chi connectivity index (χ1n) is 17.7. The molecule has 278 valence electrons. The highest BCUT2D eigenvalue weighted by Gasteiger charge is 2.37. The Hall–Kier alpha value is -3.44. The van der Waals surface area contributed by atoms with Crippen molar-refractivity contribution < 1.29 is 32.6 Å². The molecule has 1 unspecified atom stereocenters. The van der Waals surface area contributed by atoms with Crippen LogP contribution < -0.4 is 5.32 Å². The summed E-state index contributed by atoms with van der Waals surface area (Å²) in [6.45, 7) is 4.55. The molecule has 0 aliphatic carbocycles. The Balaban J connectivity index is 1.05. The van der Waals surface area contributed by atoms with Gasteiger partial charge in [-0.25, -0.2) is 9.59 Å². The number of anilines is 1. The van der Waals surface area contributed by atoms with Gasteiger partial charge in [0.2, 0.25) is 0 Å². The van der Waals surface area contributed by atoms with E-state index in [4.69, 9.17) is 4.74 Å². The summed E-state index contributed by atoms with van der Waals surface area (Å²) in [5, 5.41) is 13.1. The van der Waals surface area contributed by atoms with Crippen LogP contribution in [0.15, 0.2) is 46.9 Å². The van der Waals surface area contributed by atoms with Crippen LogP contribution >= 0.6 is 15.9 Å². The summed E-state index contributed by atoms with van der Waals surface area (Å²) in [7, 11) is -0.350. The van der Waals surface area contributed by atoms with Crippen LogP contribution in [-0.4, -0.2) is 151 Å². The van der Waals surface area contributed by atoms with E-state index < -0.39 is 22.4 Å². The Morgan fingerprint density at radius 1 is 0.922 bits per heavy atom. The second-order valence-electron chi connectivity index (χ2n) is 13.9. The number of urea groups is 1. The van der Waals surface area contributed by atoms with Gasteiger partial charge in [0.25, 0.3) is 16.1 Å². The minimum absolute atomic E-state index is 0.0175. The predicted octanol–water partition coefficient (Wildman–Crippen LogP) is 3.17. The fraction of sp³-hybridized carbons (Fsp3) is 0.571. The molecule has 51 heavy (non-hydrogen) atoms. The third kappa shape index (κ3) is 8.62. The van der Waals surface area contributed by atoms with Crippen molar-refractivity contribution in [3.8, 4) is 5.75 Å². The first kappa shape index (κ1) is 37.3. The molecule has 6 rings (SSSR count). The van der Waals surface area contributed by atoms with Crippen LogP contribution in [0.4, 0.5) is 15.3 Å². The molecule has 16 heteroatoms. The third-order valence-electron chi connectivity index (χ3n) is 10.6. The molecular formula is C35H48BrN7O7S. The number of aromatic hydroxyl groups is 1. The number of para-hydroxylation sites is 1. The highest BCUT2D eigenvalue weighted by molar-refractivity contribution is 9.10. The Kier molecular flexibility index (Phi) is 11.8. The molecule has 2 aromatic carbocycles. The maximum atomic E-state index is 14.0. The summed E-state index contributed by atoms with van der Waals surface area (Å²) in [6, 6.07) is 12.9. The molecule has 0 bridgehead atoms. The zero-order valence-electron chi connectivity index (χ0n) is 29.2. The molecule has 4 aliphatic heterocycles. The minimum atomic E-state index is -3.44. The maximum absolute atomic E-state index is 14.0. The van der Waals surface area contributed by atoms with Crippen molar-refractivity contribution in [3.05, 3.63) is 58.1 Å². The zero-order chi connectivity index (χ0) is 36.3. The third-order valence-corrected chi connectivity index (χ3v) is 13.2. The summed E-state index contributed by atoms with van der Waals surface area (Å²) < 4.78 is 34.4. The molecular weight excluding hydrogens is 742 g/mol. The molecule has 0 radical (unpaired) electrons. The summed E-state index contributed by atoms with van der Waals surface area (Å²) in [5.74, 6) is -0.195. The number of fused-ring (bicyclic) bond motifs is 1. The fourth-order valence-corrected chi connectivity index (χ4v) is 9.11. The van der Waals surface area contributed by atoms with Gasteiger partial charge in [0.1, 0.15) is 5.75 Å². The number of nitrogens with zero attached hydrogens (tertiary/aromatic N) is 6. The van der Waals surface area contributed by atoms with Crippen LogP contribution in [0.2, 0.25) is 0 Å². The maximum Gasteiger partial charge on any atom is 0.410 e. The smallest absolute Gasteiger partial charge is 0.410 e. The molecule has 0 spiro atoms. The molecule has 2 aromatic rings. The summed E-state index contributed by atoms with van der Waals surface area (Å²) in [6.07, 6.45) is 1.93. The van der Waals surface area contributed by atoms with Crippen LogP contribution in [0.25, 0.3) is 0 Å². The molecule has 3 fully saturated rings. The number of hydrogen-bond acceptors (Lipinski definition) is 8. The average Bonchev–Trinajstić information content (AvgIpc) is 3.30. The Morgan fingerprint density at radius 2 is 1.59 bits per heavy atom. The summed E-state index contributed by atoms with van der Waals surface area (Å²) in [5.41, 5.74) is 2.67. The van der Waals surface area contributed by atoms with Gasteiger partial charge in [0.05, 0.1) is 4.47 Å². The number of carbonyl (C=O) groups is 3. The van der Waals surface area contributed by atoms with Gasteiger partial charge in [0.15, 0.2) is 6.10 Å². The summed E-state index contributed by atoms with van der Waals surface area (Å²) in [4.78, 5) is 48.2. The number of rotatable bonds is 8. The molecule has 1 atom stereocenters. The van der Waals surface area contributed by atoms with E-state index in [1.165, 1.54) is 8.61 Å². The lowest BCUT2D eigenvalue weighted by Gasteiger charge is -2.43. The molecule has 4 amide bonds. The highest BCUT2D eigenvalue weighted by Crippen LogP contribution is 2.28. The number of hydrogen-bond donors (Lipinski definition) is 2. The number of ether oxygens (including phenoxy) is 1. The van der Waals surface area contributed by atoms with Crippen LogP contribution in [-0.2, 0) is 32.6 Å². The van der Waals surface area contributed by atoms with Gasteiger partial charge in [0, 0.05) is 97.2 Å². The van der Waals surface area contributed by atoms with Crippen LogP contribution in [0.3, 0.4) is 0 Å². The van der Waals surface area contributed by atoms with Gasteiger partial charge in [-0.3, -0.25) is 9.69 Å². The minimum Gasteiger partial charge on any atom is -0.507 e. The Morgan fingerprint density at radius 3 is 2.25 bits per heavy atom. The number of benzene rings is 2. The molecule has 0 saturated carbocycles. The van der Waals surface area contributed by atoms with Gasteiger partial charge >= 0.3 is 12.1 Å². The van der Waals surface area contributed by atoms with E-state index in [1.807, 2.05) is 29.2 Å². The van der Waals surface area contributed by atoms with Gasteiger partial charge in [-0.05, 0) is 77.4 Å². The van der Waals surface area contributed by atoms with Crippen molar-refractivity contribution in [2.45, 2.75) is 56.7 Å². The molecule has 0 aromatic heterocycles. The monoisotopic (exact) mass is 789 g/mol. The number of nitrogens with one attached hydrogen (secondary N) is 1. The van der Waals surface area contributed by atoms with E-state index in [-0.39, 0.29) is 36.2 Å². The van der Waals surface area contributed by atoms with Crippen molar-refractivity contribution >= 4 is 49.9 Å². The highest BCUT2D eigenvalue weighted by atomic mass is 79.9. The molecule has 2 N–H and O–H groups in total. The van der Waals surface area contributed by atoms with Crippen molar-refractivity contribution in [2.24, 2.45) is 0 Å². The van der Waals surface area contributed by atoms with Crippen LogP contribution in [0, 0.1) is 0 Å². The first-order chi connectivity index (χ1) is 24.4. The molecule has 14 nitrogen and oxygen atoms in total. The van der Waals surface area contributed by atoms with E-state index in [9.17, 15) is 27.9 Å². The van der Waals surface area contributed by atoms with Gasteiger partial charge in [-0.15, -0.1) is 0 Å². The van der Waals surface area contributed by atoms with Crippen molar-refractivity contribution in [2.75, 3.05) is 78.3 Å². The zero-order valence-corrected chi connectivity index (χ0v) is 31.6. The first-order valence-corrected chi connectivity index (χ1v) is 19.9. The number of phenolic OH excluding ortho intramolecular Hbond substituents is 1. The van der Waals surface area contributed by atoms with Crippen LogP contribution in [0.5, 0.6) is 5.75 Å². The normalized spacial score (nSPS) is 20.9. The Bertz CT molecular complexity index is 1690. The van der Waals surface area contributed by atoms with E-state index in [0.717, 1.165) is 36.1 Å². The van der Waals surface area contributed by atoms with Gasteiger partial charge in [-0.1, -0.05) is 24.3 Å². The molecule has 4 heterocycles. The van der Waals surface area contributed by atoms with E-state index in [2.05, 4.69) is 26.1 Å². The lowest BCUT2D eigenvalue weighted by Crippen LogP contribution is -2.57.